The molecule has 0 aliphatic heterocycles. The van der Waals surface area contributed by atoms with E-state index in [1.54, 1.807) is 22.6 Å². The second-order valence-corrected chi connectivity index (χ2v) is 20.2. The first kappa shape index (κ1) is 60.9. The normalized spacial score (nSPS) is 14.0. The minimum atomic E-state index is -1.55. The molecule has 2 rings (SSSR count). The van der Waals surface area contributed by atoms with Gasteiger partial charge in [0.2, 0.25) is 12.8 Å². The van der Waals surface area contributed by atoms with Crippen LogP contribution in [0.2, 0.25) is 0 Å². The zero-order chi connectivity index (χ0) is 51.4. The number of carbonyl (C=O) groups excluding carboxylic acids is 6. The van der Waals surface area contributed by atoms with Crippen LogP contribution >= 0.6 is 90.4 Å². The molecule has 67 heavy (non-hydrogen) atoms. The number of benzene rings is 2. The Morgan fingerprint density at radius 2 is 0.701 bits per heavy atom. The Bertz CT molecular complexity index is 1850. The monoisotopic (exact) mass is 1400 g/mol. The van der Waals surface area contributed by atoms with Crippen LogP contribution in [-0.2, 0) is 9.59 Å². The Labute approximate surface area is 442 Å². The van der Waals surface area contributed by atoms with Gasteiger partial charge in [-0.05, 0) is 115 Å². The zero-order valence-electron chi connectivity index (χ0n) is 37.5. The van der Waals surface area contributed by atoms with Gasteiger partial charge in [-0.2, -0.15) is 0 Å². The van der Waals surface area contributed by atoms with E-state index in [1.807, 2.05) is 67.8 Å². The van der Waals surface area contributed by atoms with Crippen LogP contribution in [0.4, 0.5) is 11.4 Å². The Morgan fingerprint density at radius 1 is 0.433 bits per heavy atom. The van der Waals surface area contributed by atoms with Crippen LogP contribution in [0.5, 0.6) is 0 Å². The lowest BCUT2D eigenvalue weighted by Crippen LogP contribution is -2.41. The molecule has 376 valence electrons. The summed E-state index contributed by atoms with van der Waals surface area (Å²) in [5.41, 5.74) is 0.124. The maximum Gasteiger partial charge on any atom is 0.255 e. The lowest BCUT2D eigenvalue weighted by Gasteiger charge is -2.31. The third kappa shape index (κ3) is 15.4. The Balaban J connectivity index is 2.71. The molecule has 0 aliphatic carbocycles. The second kappa shape index (κ2) is 28.0. The van der Waals surface area contributed by atoms with Gasteiger partial charge in [-0.15, -0.1) is 0 Å². The summed E-state index contributed by atoms with van der Waals surface area (Å²) in [4.78, 5) is 88.2. The number of anilines is 2. The fourth-order valence-electron chi connectivity index (χ4n) is 7.00. The number of rotatable bonds is 26. The predicted octanol–water partition coefficient (Wildman–Crippen LogP) is -1.84. The van der Waals surface area contributed by atoms with Gasteiger partial charge in [0.05, 0.1) is 120 Å². The molecule has 0 aliphatic rings. The van der Waals surface area contributed by atoms with Crippen molar-refractivity contribution in [2.75, 3.05) is 104 Å². The van der Waals surface area contributed by atoms with Gasteiger partial charge >= 0.3 is 0 Å². The highest BCUT2D eigenvalue weighted by Gasteiger charge is 2.35. The number of hydrogen-bond acceptors (Lipinski definition) is 16. The molecule has 10 N–H and O–H groups in total. The molecule has 22 nitrogen and oxygen atoms in total. The van der Waals surface area contributed by atoms with Crippen LogP contribution in [-0.4, -0.2) is 238 Å². The van der Waals surface area contributed by atoms with Gasteiger partial charge in [0.25, 0.3) is 23.6 Å². The highest BCUT2D eigenvalue weighted by Crippen LogP contribution is 2.39. The smallest absolute Gasteiger partial charge is 0.255 e. The summed E-state index contributed by atoms with van der Waals surface area (Å²) in [5.74, 6) is -2.80. The van der Waals surface area contributed by atoms with E-state index in [0.717, 1.165) is 29.4 Å². The lowest BCUT2D eigenvalue weighted by atomic mass is 9.98. The van der Waals surface area contributed by atoms with E-state index in [4.69, 9.17) is 0 Å². The van der Waals surface area contributed by atoms with Crippen LogP contribution in [0.1, 0.15) is 59.0 Å². The minimum absolute atomic E-state index is 0.00943. The van der Waals surface area contributed by atoms with Crippen LogP contribution in [0.15, 0.2) is 0 Å². The van der Waals surface area contributed by atoms with E-state index in [9.17, 15) is 79.8 Å². The second-order valence-electron chi connectivity index (χ2n) is 15.9. The van der Waals surface area contributed by atoms with E-state index in [2.05, 4.69) is 0 Å². The number of likely N-dealkylation sites (N-methyl/N-ethyl adjacent to an activating group) is 4. The summed E-state index contributed by atoms with van der Waals surface area (Å²) in [6, 6.07) is 0. The van der Waals surface area contributed by atoms with Crippen LogP contribution in [0, 0.1) is 28.1 Å². The number of aliphatic hydroxyl groups is 10. The van der Waals surface area contributed by atoms with E-state index >= 15 is 0 Å². The summed E-state index contributed by atoms with van der Waals surface area (Å²) in [5, 5.41) is 101. The molecule has 0 spiro atoms. The van der Waals surface area contributed by atoms with Gasteiger partial charge in [-0.25, -0.2) is 0 Å². The van der Waals surface area contributed by atoms with Gasteiger partial charge < -0.3 is 80.5 Å². The standard InChI is InChI=1S/C41H58I4N6O16/c1-20-28(38(64)46(3)8-24(60)14-52)33(43)37(34(44)29(20)39(65)47(4)9-25(61)15-53)51(19-57)13-23(59)7-22(58)12-50(18-56)36-21(2)30(40(66)48(5)10-26(62)16-54)32(42)31(35(36)45)41(67)49(6)11-27(63)17-55/h18-19,22-27,52-55,58-63H,7-17H2,1-6H3. The molecule has 0 saturated heterocycles. The molecule has 2 aromatic carbocycles. The molecule has 0 aromatic heterocycles. The number of aliphatic hydroxyl groups excluding tert-OH is 10. The molecular weight excluding hydrogens is 1340 g/mol. The molecule has 0 radical (unpaired) electrons. The highest BCUT2D eigenvalue weighted by molar-refractivity contribution is 14.1. The summed E-state index contributed by atoms with van der Waals surface area (Å²) < 4.78 is 0.611. The van der Waals surface area contributed by atoms with Crippen LogP contribution < -0.4 is 9.80 Å². The van der Waals surface area contributed by atoms with Crippen molar-refractivity contribution in [1.82, 2.24) is 19.6 Å². The van der Waals surface area contributed by atoms with E-state index in [1.165, 1.54) is 42.0 Å². The first-order chi connectivity index (χ1) is 31.3. The summed E-state index contributed by atoms with van der Waals surface area (Å²) >= 11 is 7.22. The molecular formula is C41H58I4N6O16. The average molecular weight is 1400 g/mol. The van der Waals surface area contributed by atoms with Crippen molar-refractivity contribution in [3.05, 3.63) is 47.7 Å². The predicted molar refractivity (Wildman–Crippen MR) is 277 cm³/mol. The number of halogens is 4. The van der Waals surface area contributed by atoms with E-state index in [0.29, 0.717) is 12.8 Å². The third-order valence-corrected chi connectivity index (χ3v) is 14.6. The van der Waals surface area contributed by atoms with Crippen LogP contribution in [0.25, 0.3) is 0 Å². The van der Waals surface area contributed by atoms with Gasteiger partial charge in [0.1, 0.15) is 0 Å². The SMILES string of the molecule is Cc1c(C(=O)N(C)CC(O)CO)c(I)c(N(C=O)CC(O)CC(O)CN(C=O)c2c(C)c(C(=O)N(C)CC(O)CO)c(I)c(C(=O)N(C)CC(O)CO)c2I)c(I)c1C(=O)N(C)CC(O)CO. The highest BCUT2D eigenvalue weighted by atomic mass is 127. The number of nitrogens with zero attached hydrogens (tertiary/aromatic N) is 6. The Morgan fingerprint density at radius 3 is 1.00 bits per heavy atom. The molecule has 6 amide bonds. The van der Waals surface area contributed by atoms with Crippen molar-refractivity contribution in [3.8, 4) is 0 Å². The number of amides is 6. The fourth-order valence-corrected chi connectivity index (χ4v) is 12.8. The first-order valence-electron chi connectivity index (χ1n) is 20.3. The van der Waals surface area contributed by atoms with Gasteiger partial charge in [-0.3, -0.25) is 28.8 Å². The van der Waals surface area contributed by atoms with Crippen molar-refractivity contribution in [2.24, 2.45) is 0 Å². The molecule has 6 unspecified atom stereocenters. The quantitative estimate of drug-likeness (QED) is 0.0366. The van der Waals surface area contributed by atoms with Gasteiger partial charge in [0, 0.05) is 64.4 Å². The summed E-state index contributed by atoms with van der Waals surface area (Å²) in [6.45, 7) is -1.94. The van der Waals surface area contributed by atoms with Gasteiger partial charge in [-0.1, -0.05) is 0 Å². The van der Waals surface area contributed by atoms with Crippen molar-refractivity contribution in [3.63, 3.8) is 0 Å². The van der Waals surface area contributed by atoms with E-state index in [-0.39, 0.29) is 85.2 Å². The van der Waals surface area contributed by atoms with Crippen molar-refractivity contribution < 1.29 is 79.8 Å². The summed E-state index contributed by atoms with van der Waals surface area (Å²) in [6.07, 6.45) is -8.14. The molecule has 0 bridgehead atoms. The fraction of sp³-hybridized carbons (Fsp3) is 0.561. The van der Waals surface area contributed by atoms with Crippen LogP contribution in [0.3, 0.4) is 0 Å². The summed E-state index contributed by atoms with van der Waals surface area (Å²) in [7, 11) is 5.41. The minimum Gasteiger partial charge on any atom is -0.394 e. The third-order valence-electron chi connectivity index (χ3n) is 10.4. The van der Waals surface area contributed by atoms with Crippen molar-refractivity contribution in [2.45, 2.75) is 56.9 Å². The molecule has 0 heterocycles. The number of hydrogen-bond donors (Lipinski definition) is 10. The van der Waals surface area contributed by atoms with Crippen molar-refractivity contribution >= 4 is 138 Å². The van der Waals surface area contributed by atoms with E-state index < -0.39 is 106 Å². The topological polar surface area (TPSA) is 324 Å². The Kier molecular flexibility index (Phi) is 25.4. The zero-order valence-corrected chi connectivity index (χ0v) is 46.1. The molecule has 2 aromatic rings. The molecule has 6 atom stereocenters. The largest absolute Gasteiger partial charge is 0.394 e. The molecule has 0 fully saturated rings. The lowest BCUT2D eigenvalue weighted by molar-refractivity contribution is -0.108. The maximum absolute atomic E-state index is 14.0. The first-order valence-corrected chi connectivity index (χ1v) is 24.6. The molecule has 0 saturated carbocycles. The number of carbonyl (C=O) groups is 6. The maximum atomic E-state index is 14.0. The molecule has 26 heteroatoms. The Hall–Kier alpha value is -2.22. The van der Waals surface area contributed by atoms with Crippen molar-refractivity contribution in [1.29, 1.82) is 0 Å². The van der Waals surface area contributed by atoms with Gasteiger partial charge in [0.15, 0.2) is 0 Å². The average Bonchev–Trinajstić information content (AvgIpc) is 3.27.